The van der Waals surface area contributed by atoms with Crippen LogP contribution in [0.15, 0.2) is 0 Å². The highest BCUT2D eigenvalue weighted by atomic mass is 32.2. The van der Waals surface area contributed by atoms with Gasteiger partial charge in [-0.15, -0.1) is 0 Å². The van der Waals surface area contributed by atoms with E-state index in [1.807, 2.05) is 0 Å². The van der Waals surface area contributed by atoms with Crippen LogP contribution in [0.4, 0.5) is 0 Å². The third-order valence-corrected chi connectivity index (χ3v) is 4.08. The van der Waals surface area contributed by atoms with Gasteiger partial charge in [0.05, 0.1) is 6.61 Å². The molecule has 0 amide bonds. The van der Waals surface area contributed by atoms with Gasteiger partial charge in [0, 0.05) is 13.2 Å². The zero-order chi connectivity index (χ0) is 10.4. The summed E-state index contributed by atoms with van der Waals surface area (Å²) in [6.07, 6.45) is 1.38. The van der Waals surface area contributed by atoms with Crippen molar-refractivity contribution in [3.05, 3.63) is 0 Å². The number of hydrogen-bond acceptors (Lipinski definition) is 3. The maximum absolute atomic E-state index is 5.21. The monoisotopic (exact) mass is 217 g/mol. The van der Waals surface area contributed by atoms with Crippen molar-refractivity contribution in [2.24, 2.45) is 11.8 Å². The van der Waals surface area contributed by atoms with E-state index in [-0.39, 0.29) is 0 Å². The van der Waals surface area contributed by atoms with E-state index in [4.69, 9.17) is 4.74 Å². The molecule has 14 heavy (non-hydrogen) atoms. The molecule has 0 aromatic rings. The van der Waals surface area contributed by atoms with Gasteiger partial charge in [0.1, 0.15) is 0 Å². The lowest BCUT2D eigenvalue weighted by molar-refractivity contribution is 0.145. The first-order valence-corrected chi connectivity index (χ1v) is 6.69. The Morgan fingerprint density at radius 3 is 2.79 bits per heavy atom. The first-order valence-electron chi connectivity index (χ1n) is 5.54. The summed E-state index contributed by atoms with van der Waals surface area (Å²) in [5.41, 5.74) is 0. The van der Waals surface area contributed by atoms with Gasteiger partial charge in [-0.1, -0.05) is 13.8 Å². The second kappa shape index (κ2) is 6.70. The summed E-state index contributed by atoms with van der Waals surface area (Å²) < 4.78 is 5.21. The predicted octanol–water partition coefficient (Wildman–Crippen LogP) is 2.00. The Hall–Kier alpha value is 0.270. The van der Waals surface area contributed by atoms with Crippen molar-refractivity contribution in [3.63, 3.8) is 0 Å². The summed E-state index contributed by atoms with van der Waals surface area (Å²) in [7, 11) is 1.78. The van der Waals surface area contributed by atoms with Crippen molar-refractivity contribution in [3.8, 4) is 0 Å². The van der Waals surface area contributed by atoms with Crippen molar-refractivity contribution < 1.29 is 4.74 Å². The van der Waals surface area contributed by atoms with Crippen LogP contribution in [0.5, 0.6) is 0 Å². The van der Waals surface area contributed by atoms with E-state index in [0.717, 1.165) is 12.5 Å². The van der Waals surface area contributed by atoms with Gasteiger partial charge in [-0.2, -0.15) is 11.8 Å². The minimum atomic E-state index is 0.519. The van der Waals surface area contributed by atoms with Gasteiger partial charge in [0.2, 0.25) is 0 Å². The molecule has 0 aromatic heterocycles. The summed E-state index contributed by atoms with van der Waals surface area (Å²) in [6.45, 7) is 6.50. The number of ether oxygens (including phenoxy) is 1. The Bertz CT molecular complexity index is 146. The zero-order valence-corrected chi connectivity index (χ0v) is 10.4. The smallest absolute Gasteiger partial charge is 0.0618 e. The Morgan fingerprint density at radius 2 is 2.29 bits per heavy atom. The second-order valence-corrected chi connectivity index (χ2v) is 5.59. The lowest BCUT2D eigenvalue weighted by Crippen LogP contribution is -2.40. The van der Waals surface area contributed by atoms with E-state index >= 15 is 0 Å². The molecule has 1 heterocycles. The molecule has 84 valence electrons. The SMILES string of the molecule is COCC(NCC1CCSC1)C(C)C. The van der Waals surface area contributed by atoms with Crippen molar-refractivity contribution in [1.82, 2.24) is 5.32 Å². The number of hydrogen-bond donors (Lipinski definition) is 1. The van der Waals surface area contributed by atoms with Crippen molar-refractivity contribution in [1.29, 1.82) is 0 Å². The molecule has 2 nitrogen and oxygen atoms in total. The van der Waals surface area contributed by atoms with Crippen LogP contribution in [0, 0.1) is 11.8 Å². The third kappa shape index (κ3) is 4.20. The van der Waals surface area contributed by atoms with Crippen molar-refractivity contribution >= 4 is 11.8 Å². The van der Waals surface area contributed by atoms with Crippen LogP contribution in [0.1, 0.15) is 20.3 Å². The Kier molecular flexibility index (Phi) is 5.90. The topological polar surface area (TPSA) is 21.3 Å². The fourth-order valence-corrected chi connectivity index (χ4v) is 3.01. The average molecular weight is 217 g/mol. The average Bonchev–Trinajstić information content (AvgIpc) is 2.64. The molecule has 0 aliphatic carbocycles. The molecule has 2 unspecified atom stereocenters. The lowest BCUT2D eigenvalue weighted by atomic mass is 10.0. The van der Waals surface area contributed by atoms with E-state index in [1.165, 1.54) is 24.5 Å². The largest absolute Gasteiger partial charge is 0.383 e. The number of methoxy groups -OCH3 is 1. The summed E-state index contributed by atoms with van der Waals surface area (Å²) in [5.74, 6) is 4.23. The van der Waals surface area contributed by atoms with E-state index in [9.17, 15) is 0 Å². The number of thioether (sulfide) groups is 1. The zero-order valence-electron chi connectivity index (χ0n) is 9.58. The van der Waals surface area contributed by atoms with Crippen LogP contribution in [0.3, 0.4) is 0 Å². The summed E-state index contributed by atoms with van der Waals surface area (Å²) in [4.78, 5) is 0. The van der Waals surface area contributed by atoms with E-state index in [2.05, 4.69) is 30.9 Å². The fraction of sp³-hybridized carbons (Fsp3) is 1.00. The highest BCUT2D eigenvalue weighted by molar-refractivity contribution is 7.99. The predicted molar refractivity (Wildman–Crippen MR) is 63.9 cm³/mol. The fourth-order valence-electron chi connectivity index (χ4n) is 1.73. The first-order chi connectivity index (χ1) is 6.74. The van der Waals surface area contributed by atoms with Crippen LogP contribution < -0.4 is 5.32 Å². The summed E-state index contributed by atoms with van der Waals surface area (Å²) >= 11 is 2.08. The van der Waals surface area contributed by atoms with Gasteiger partial charge >= 0.3 is 0 Å². The Labute approximate surface area is 92.2 Å². The summed E-state index contributed by atoms with van der Waals surface area (Å²) in [5, 5.41) is 3.62. The normalized spacial score (nSPS) is 24.4. The molecule has 1 fully saturated rings. The van der Waals surface area contributed by atoms with Crippen LogP contribution >= 0.6 is 11.8 Å². The Morgan fingerprint density at radius 1 is 1.50 bits per heavy atom. The van der Waals surface area contributed by atoms with E-state index in [0.29, 0.717) is 12.0 Å². The molecular weight excluding hydrogens is 194 g/mol. The maximum Gasteiger partial charge on any atom is 0.0618 e. The van der Waals surface area contributed by atoms with Crippen LogP contribution in [0.2, 0.25) is 0 Å². The molecule has 1 aliphatic rings. The van der Waals surface area contributed by atoms with Crippen LogP contribution in [0.25, 0.3) is 0 Å². The molecule has 3 heteroatoms. The van der Waals surface area contributed by atoms with Gasteiger partial charge in [0.15, 0.2) is 0 Å². The van der Waals surface area contributed by atoms with Gasteiger partial charge in [-0.25, -0.2) is 0 Å². The highest BCUT2D eigenvalue weighted by Gasteiger charge is 2.18. The van der Waals surface area contributed by atoms with E-state index < -0.39 is 0 Å². The Balaban J connectivity index is 2.17. The molecule has 1 saturated heterocycles. The number of nitrogens with one attached hydrogen (secondary N) is 1. The van der Waals surface area contributed by atoms with E-state index in [1.54, 1.807) is 7.11 Å². The molecule has 0 aromatic carbocycles. The molecule has 1 aliphatic heterocycles. The maximum atomic E-state index is 5.21. The van der Waals surface area contributed by atoms with Gasteiger partial charge in [-0.05, 0) is 36.3 Å². The first kappa shape index (κ1) is 12.3. The molecule has 0 bridgehead atoms. The molecule has 0 saturated carbocycles. The van der Waals surface area contributed by atoms with Crippen LogP contribution in [-0.2, 0) is 4.74 Å². The minimum absolute atomic E-state index is 0.519. The molecule has 1 N–H and O–H groups in total. The van der Waals surface area contributed by atoms with Crippen LogP contribution in [-0.4, -0.2) is 37.8 Å². The lowest BCUT2D eigenvalue weighted by Gasteiger charge is -2.23. The molecular formula is C11H23NOS. The third-order valence-electron chi connectivity index (χ3n) is 2.84. The quantitative estimate of drug-likeness (QED) is 0.735. The molecule has 1 rings (SSSR count). The molecule has 0 spiro atoms. The molecule has 0 radical (unpaired) electrons. The van der Waals surface area contributed by atoms with Gasteiger partial charge in [-0.3, -0.25) is 0 Å². The van der Waals surface area contributed by atoms with Crippen molar-refractivity contribution in [2.45, 2.75) is 26.3 Å². The molecule has 2 atom stereocenters. The second-order valence-electron chi connectivity index (χ2n) is 4.44. The van der Waals surface area contributed by atoms with Crippen molar-refractivity contribution in [2.75, 3.05) is 31.8 Å². The van der Waals surface area contributed by atoms with Gasteiger partial charge in [0.25, 0.3) is 0 Å². The van der Waals surface area contributed by atoms with Gasteiger partial charge < -0.3 is 10.1 Å². The standard InChI is InChI=1S/C11H23NOS/c1-9(2)11(7-13-3)12-6-10-4-5-14-8-10/h9-12H,4-8H2,1-3H3. The summed E-state index contributed by atoms with van der Waals surface area (Å²) in [6, 6.07) is 0.519. The highest BCUT2D eigenvalue weighted by Crippen LogP contribution is 2.22. The number of rotatable bonds is 6. The minimum Gasteiger partial charge on any atom is -0.383 e.